The summed E-state index contributed by atoms with van der Waals surface area (Å²) in [5.41, 5.74) is 1.23. The number of carbonyl (C=O) groups is 1. The molecule has 1 aromatic carbocycles. The molecule has 0 saturated heterocycles. The van der Waals surface area contributed by atoms with E-state index < -0.39 is 5.97 Å². The van der Waals surface area contributed by atoms with Crippen molar-refractivity contribution in [2.24, 2.45) is 0 Å². The molecule has 2 nitrogen and oxygen atoms in total. The monoisotopic (exact) mass is 176 g/mol. The third-order valence-electron chi connectivity index (χ3n) is 1.70. The van der Waals surface area contributed by atoms with Crippen LogP contribution in [0.3, 0.4) is 0 Å². The van der Waals surface area contributed by atoms with E-state index in [0.29, 0.717) is 0 Å². The third kappa shape index (κ3) is 4.11. The highest BCUT2D eigenvalue weighted by molar-refractivity contribution is 5.79. The predicted octanol–water partition coefficient (Wildman–Crippen LogP) is 2.26. The lowest BCUT2D eigenvalue weighted by Crippen LogP contribution is -1.87. The second-order valence-electron chi connectivity index (χ2n) is 2.76. The van der Waals surface area contributed by atoms with Crippen molar-refractivity contribution in [3.05, 3.63) is 48.0 Å². The highest BCUT2D eigenvalue weighted by Gasteiger charge is 1.89. The fourth-order valence-electron chi connectivity index (χ4n) is 1.08. The van der Waals surface area contributed by atoms with E-state index >= 15 is 0 Å². The standard InChI is InChI=1S/C11H12O2/c12-11(13)9-5-4-8-10-6-2-1-3-7-10/h1-3,5-7,9H,4,8H2,(H,12,13)/b9-5-. The molecule has 0 spiro atoms. The lowest BCUT2D eigenvalue weighted by Gasteiger charge is -1.95. The third-order valence-corrected chi connectivity index (χ3v) is 1.70. The Hall–Kier alpha value is -1.57. The van der Waals surface area contributed by atoms with Gasteiger partial charge in [-0.15, -0.1) is 0 Å². The molecule has 0 aliphatic rings. The number of hydrogen-bond acceptors (Lipinski definition) is 1. The molecule has 0 aliphatic carbocycles. The van der Waals surface area contributed by atoms with Crippen molar-refractivity contribution in [3.8, 4) is 0 Å². The van der Waals surface area contributed by atoms with Crippen molar-refractivity contribution in [1.82, 2.24) is 0 Å². The molecule has 2 heteroatoms. The van der Waals surface area contributed by atoms with Gasteiger partial charge in [-0.05, 0) is 18.4 Å². The number of aliphatic carboxylic acids is 1. The summed E-state index contributed by atoms with van der Waals surface area (Å²) in [6.07, 6.45) is 4.53. The summed E-state index contributed by atoms with van der Waals surface area (Å²) < 4.78 is 0. The number of benzene rings is 1. The topological polar surface area (TPSA) is 37.3 Å². The average Bonchev–Trinajstić information content (AvgIpc) is 2.14. The van der Waals surface area contributed by atoms with Gasteiger partial charge in [0.1, 0.15) is 0 Å². The maximum atomic E-state index is 10.1. The molecule has 1 rings (SSSR count). The van der Waals surface area contributed by atoms with Crippen molar-refractivity contribution in [3.63, 3.8) is 0 Å². The molecule has 1 aromatic rings. The van der Waals surface area contributed by atoms with Crippen LogP contribution >= 0.6 is 0 Å². The maximum Gasteiger partial charge on any atom is 0.327 e. The summed E-state index contributed by atoms with van der Waals surface area (Å²) in [5.74, 6) is -0.881. The molecule has 0 aromatic heterocycles. The number of rotatable bonds is 4. The van der Waals surface area contributed by atoms with Gasteiger partial charge >= 0.3 is 5.97 Å². The van der Waals surface area contributed by atoms with E-state index in [4.69, 9.17) is 5.11 Å². The van der Waals surface area contributed by atoms with Crippen LogP contribution in [0.1, 0.15) is 12.0 Å². The van der Waals surface area contributed by atoms with Gasteiger partial charge in [-0.2, -0.15) is 0 Å². The Morgan fingerprint density at radius 1 is 1.31 bits per heavy atom. The van der Waals surface area contributed by atoms with Crippen LogP contribution in [-0.2, 0) is 11.2 Å². The molecule has 68 valence electrons. The highest BCUT2D eigenvalue weighted by Crippen LogP contribution is 2.02. The number of hydrogen-bond donors (Lipinski definition) is 1. The summed E-state index contributed by atoms with van der Waals surface area (Å²) in [4.78, 5) is 10.1. The molecule has 0 radical (unpaired) electrons. The minimum atomic E-state index is -0.881. The summed E-state index contributed by atoms with van der Waals surface area (Å²) in [6, 6.07) is 10.0. The van der Waals surface area contributed by atoms with Crippen LogP contribution in [0.15, 0.2) is 42.5 Å². The van der Waals surface area contributed by atoms with Crippen LogP contribution in [0.4, 0.5) is 0 Å². The Balaban J connectivity index is 2.32. The van der Waals surface area contributed by atoms with Crippen LogP contribution in [0, 0.1) is 0 Å². The Labute approximate surface area is 77.5 Å². The van der Waals surface area contributed by atoms with E-state index in [9.17, 15) is 4.79 Å². The summed E-state index contributed by atoms with van der Waals surface area (Å²) in [7, 11) is 0. The van der Waals surface area contributed by atoms with Crippen molar-refractivity contribution < 1.29 is 9.90 Å². The zero-order valence-electron chi connectivity index (χ0n) is 7.31. The zero-order valence-corrected chi connectivity index (χ0v) is 7.31. The van der Waals surface area contributed by atoms with Crippen molar-refractivity contribution in [2.75, 3.05) is 0 Å². The molecule has 0 aliphatic heterocycles. The van der Waals surface area contributed by atoms with Crippen molar-refractivity contribution in [1.29, 1.82) is 0 Å². The molecule has 0 unspecified atom stereocenters. The number of carboxylic acids is 1. The maximum absolute atomic E-state index is 10.1. The zero-order chi connectivity index (χ0) is 9.52. The van der Waals surface area contributed by atoms with E-state index in [0.717, 1.165) is 12.8 Å². The molecule has 0 bridgehead atoms. The van der Waals surface area contributed by atoms with Crippen LogP contribution in [0.2, 0.25) is 0 Å². The fourth-order valence-corrected chi connectivity index (χ4v) is 1.08. The van der Waals surface area contributed by atoms with Crippen LogP contribution in [0.5, 0.6) is 0 Å². The number of aryl methyl sites for hydroxylation is 1. The molecule has 0 saturated carbocycles. The van der Waals surface area contributed by atoms with Gasteiger partial charge in [0.05, 0.1) is 0 Å². The van der Waals surface area contributed by atoms with E-state index in [1.165, 1.54) is 11.6 Å². The van der Waals surface area contributed by atoms with Crippen molar-refractivity contribution >= 4 is 5.97 Å². The first-order chi connectivity index (χ1) is 6.29. The smallest absolute Gasteiger partial charge is 0.327 e. The van der Waals surface area contributed by atoms with Crippen LogP contribution in [-0.4, -0.2) is 11.1 Å². The number of allylic oxidation sites excluding steroid dienone is 1. The van der Waals surface area contributed by atoms with E-state index in [2.05, 4.69) is 0 Å². The largest absolute Gasteiger partial charge is 0.478 e. The molecule has 0 amide bonds. The first-order valence-corrected chi connectivity index (χ1v) is 4.22. The van der Waals surface area contributed by atoms with Gasteiger partial charge in [0.25, 0.3) is 0 Å². The average molecular weight is 176 g/mol. The first-order valence-electron chi connectivity index (χ1n) is 4.22. The Kier molecular flexibility index (Phi) is 3.76. The van der Waals surface area contributed by atoms with E-state index in [-0.39, 0.29) is 0 Å². The van der Waals surface area contributed by atoms with Gasteiger partial charge in [-0.25, -0.2) is 4.79 Å². The minimum Gasteiger partial charge on any atom is -0.478 e. The molecule has 0 fully saturated rings. The van der Waals surface area contributed by atoms with Gasteiger partial charge in [0, 0.05) is 6.08 Å². The van der Waals surface area contributed by atoms with Gasteiger partial charge in [-0.1, -0.05) is 36.4 Å². The van der Waals surface area contributed by atoms with Gasteiger partial charge in [-0.3, -0.25) is 0 Å². The molecule has 13 heavy (non-hydrogen) atoms. The Morgan fingerprint density at radius 2 is 2.00 bits per heavy atom. The Morgan fingerprint density at radius 3 is 2.62 bits per heavy atom. The van der Waals surface area contributed by atoms with E-state index in [1.807, 2.05) is 30.3 Å². The second kappa shape index (κ2) is 5.14. The molecule has 0 atom stereocenters. The number of carboxylic acid groups (broad SMARTS) is 1. The predicted molar refractivity (Wildman–Crippen MR) is 51.5 cm³/mol. The van der Waals surface area contributed by atoms with Crippen molar-refractivity contribution in [2.45, 2.75) is 12.8 Å². The lowest BCUT2D eigenvalue weighted by atomic mass is 10.1. The lowest BCUT2D eigenvalue weighted by molar-refractivity contribution is -0.131. The molecule has 0 heterocycles. The second-order valence-corrected chi connectivity index (χ2v) is 2.76. The van der Waals surface area contributed by atoms with Gasteiger partial charge < -0.3 is 5.11 Å². The first kappa shape index (κ1) is 9.52. The Bertz CT molecular complexity index is 288. The molecule has 1 N–H and O–H groups in total. The summed E-state index contributed by atoms with van der Waals surface area (Å²) in [6.45, 7) is 0. The molecular formula is C11H12O2. The van der Waals surface area contributed by atoms with Crippen LogP contribution in [0.25, 0.3) is 0 Å². The van der Waals surface area contributed by atoms with Gasteiger partial charge in [0.2, 0.25) is 0 Å². The van der Waals surface area contributed by atoms with Gasteiger partial charge in [0.15, 0.2) is 0 Å². The minimum absolute atomic E-state index is 0.774. The van der Waals surface area contributed by atoms with E-state index in [1.54, 1.807) is 6.08 Å². The van der Waals surface area contributed by atoms with Crippen LogP contribution < -0.4 is 0 Å². The normalized spacial score (nSPS) is 10.5. The SMILES string of the molecule is O=C(O)/C=C\CCc1ccccc1. The summed E-state index contributed by atoms with van der Waals surface area (Å²) >= 11 is 0. The summed E-state index contributed by atoms with van der Waals surface area (Å²) in [5, 5.41) is 8.32. The molecular weight excluding hydrogens is 164 g/mol. The highest BCUT2D eigenvalue weighted by atomic mass is 16.4. The quantitative estimate of drug-likeness (QED) is 0.714. The fraction of sp³-hybridized carbons (Fsp3) is 0.182.